The van der Waals surface area contributed by atoms with Gasteiger partial charge in [0.1, 0.15) is 0 Å². The predicted octanol–water partition coefficient (Wildman–Crippen LogP) is 0.0442. The summed E-state index contributed by atoms with van der Waals surface area (Å²) in [5.74, 6) is 0. The third-order valence-electron chi connectivity index (χ3n) is 3.08. The molecular formula is C12H21N3O2. The molecule has 2 unspecified atom stereocenters. The lowest BCUT2D eigenvalue weighted by atomic mass is 10.2. The van der Waals surface area contributed by atoms with Gasteiger partial charge in [-0.05, 0) is 18.9 Å². The molecule has 0 bridgehead atoms. The van der Waals surface area contributed by atoms with Crippen LogP contribution in [0, 0.1) is 0 Å². The Morgan fingerprint density at radius 3 is 3.00 bits per heavy atom. The molecule has 96 valence electrons. The van der Waals surface area contributed by atoms with Crippen molar-refractivity contribution in [1.29, 1.82) is 0 Å². The molecule has 1 fully saturated rings. The third kappa shape index (κ3) is 3.52. The minimum absolute atomic E-state index is 0.0346. The first kappa shape index (κ1) is 12.5. The zero-order chi connectivity index (χ0) is 12.3. The molecule has 1 saturated heterocycles. The fourth-order valence-corrected chi connectivity index (χ4v) is 2.31. The van der Waals surface area contributed by atoms with Crippen LogP contribution in [-0.2, 0) is 18.2 Å². The maximum atomic E-state index is 9.15. The highest BCUT2D eigenvalue weighted by atomic mass is 16.5. The number of hydrogen-bond donors (Lipinski definition) is 1. The third-order valence-corrected chi connectivity index (χ3v) is 3.08. The van der Waals surface area contributed by atoms with E-state index in [9.17, 15) is 0 Å². The second-order valence-electron chi connectivity index (χ2n) is 4.78. The topological polar surface area (TPSA) is 50.5 Å². The molecule has 2 heterocycles. The molecule has 1 N–H and O–H groups in total. The Hall–Kier alpha value is -0.910. The van der Waals surface area contributed by atoms with Gasteiger partial charge in [0.25, 0.3) is 0 Å². The zero-order valence-corrected chi connectivity index (χ0v) is 10.5. The van der Waals surface area contributed by atoms with Crippen LogP contribution >= 0.6 is 0 Å². The van der Waals surface area contributed by atoms with Gasteiger partial charge < -0.3 is 9.84 Å². The Kier molecular flexibility index (Phi) is 4.15. The highest BCUT2D eigenvalue weighted by Gasteiger charge is 2.24. The van der Waals surface area contributed by atoms with Crippen LogP contribution in [0.2, 0.25) is 0 Å². The summed E-state index contributed by atoms with van der Waals surface area (Å²) in [5.41, 5.74) is 1.26. The highest BCUT2D eigenvalue weighted by Crippen LogP contribution is 2.11. The minimum atomic E-state index is -0.0346. The second kappa shape index (κ2) is 5.62. The summed E-state index contributed by atoms with van der Waals surface area (Å²) in [5, 5.41) is 13.3. The van der Waals surface area contributed by atoms with Gasteiger partial charge in [-0.25, -0.2) is 0 Å². The normalized spacial score (nSPS) is 26.3. The van der Waals surface area contributed by atoms with E-state index in [4.69, 9.17) is 9.84 Å². The summed E-state index contributed by atoms with van der Waals surface area (Å²) in [6.07, 6.45) is 5.13. The van der Waals surface area contributed by atoms with Gasteiger partial charge >= 0.3 is 0 Å². The van der Waals surface area contributed by atoms with E-state index >= 15 is 0 Å². The van der Waals surface area contributed by atoms with Crippen molar-refractivity contribution in [3.8, 4) is 0 Å². The molecule has 5 heteroatoms. The van der Waals surface area contributed by atoms with Gasteiger partial charge in [0.05, 0.1) is 25.0 Å². The lowest BCUT2D eigenvalue weighted by molar-refractivity contribution is -0.0947. The Bertz CT molecular complexity index is 353. The summed E-state index contributed by atoms with van der Waals surface area (Å²) in [6, 6.07) is 0. The molecule has 1 aliphatic rings. The van der Waals surface area contributed by atoms with Gasteiger partial charge in [-0.1, -0.05) is 0 Å². The first-order chi connectivity index (χ1) is 8.17. The number of aliphatic hydroxyl groups excluding tert-OH is 1. The first-order valence-electron chi connectivity index (χ1n) is 6.13. The second-order valence-corrected chi connectivity index (χ2v) is 4.78. The van der Waals surface area contributed by atoms with E-state index in [1.165, 1.54) is 5.56 Å². The van der Waals surface area contributed by atoms with Crippen LogP contribution in [0.25, 0.3) is 0 Å². The van der Waals surface area contributed by atoms with E-state index in [2.05, 4.69) is 16.9 Å². The molecule has 0 aliphatic carbocycles. The number of rotatable bonds is 4. The average Bonchev–Trinajstić information content (AvgIpc) is 2.72. The van der Waals surface area contributed by atoms with Crippen molar-refractivity contribution >= 4 is 0 Å². The summed E-state index contributed by atoms with van der Waals surface area (Å²) < 4.78 is 7.44. The number of aliphatic hydroxyl groups is 1. The predicted molar refractivity (Wildman–Crippen MR) is 64.8 cm³/mol. The quantitative estimate of drug-likeness (QED) is 0.806. The maximum absolute atomic E-state index is 9.15. The van der Waals surface area contributed by atoms with E-state index in [1.807, 2.05) is 24.1 Å². The molecule has 2 atom stereocenters. The molecule has 0 amide bonds. The van der Waals surface area contributed by atoms with Crippen LogP contribution in [0.3, 0.4) is 0 Å². The smallest absolute Gasteiger partial charge is 0.0936 e. The maximum Gasteiger partial charge on any atom is 0.0936 e. The first-order valence-corrected chi connectivity index (χ1v) is 6.13. The van der Waals surface area contributed by atoms with Gasteiger partial charge in [0.15, 0.2) is 0 Å². The molecule has 0 aromatic carbocycles. The molecule has 2 rings (SSSR count). The van der Waals surface area contributed by atoms with Gasteiger partial charge in [0, 0.05) is 32.9 Å². The SMILES string of the molecule is CC1CN(CCc2cnn(C)c2)CC(CO)O1. The van der Waals surface area contributed by atoms with Crippen LogP contribution in [0.1, 0.15) is 12.5 Å². The van der Waals surface area contributed by atoms with Crippen LogP contribution in [0.5, 0.6) is 0 Å². The zero-order valence-electron chi connectivity index (χ0n) is 10.5. The molecule has 0 spiro atoms. The Morgan fingerprint density at radius 1 is 1.53 bits per heavy atom. The van der Waals surface area contributed by atoms with Crippen molar-refractivity contribution in [1.82, 2.24) is 14.7 Å². The molecule has 0 radical (unpaired) electrons. The molecule has 1 aliphatic heterocycles. The summed E-state index contributed by atoms with van der Waals surface area (Å²) in [6.45, 7) is 4.92. The van der Waals surface area contributed by atoms with Crippen molar-refractivity contribution in [3.63, 3.8) is 0 Å². The minimum Gasteiger partial charge on any atom is -0.394 e. The molecule has 5 nitrogen and oxygen atoms in total. The lowest BCUT2D eigenvalue weighted by Gasteiger charge is -2.36. The molecular weight excluding hydrogens is 218 g/mol. The number of ether oxygens (including phenoxy) is 1. The molecule has 1 aromatic rings. The Morgan fingerprint density at radius 2 is 2.35 bits per heavy atom. The summed E-state index contributed by atoms with van der Waals surface area (Å²) in [4.78, 5) is 2.35. The van der Waals surface area contributed by atoms with Crippen LogP contribution in [-0.4, -0.2) is 58.2 Å². The fourth-order valence-electron chi connectivity index (χ4n) is 2.31. The van der Waals surface area contributed by atoms with Crippen molar-refractivity contribution in [3.05, 3.63) is 18.0 Å². The van der Waals surface area contributed by atoms with Crippen LogP contribution in [0.4, 0.5) is 0 Å². The number of aryl methyl sites for hydroxylation is 1. The van der Waals surface area contributed by atoms with Gasteiger partial charge in [-0.15, -0.1) is 0 Å². The van der Waals surface area contributed by atoms with Crippen molar-refractivity contribution < 1.29 is 9.84 Å². The van der Waals surface area contributed by atoms with E-state index in [1.54, 1.807) is 0 Å². The monoisotopic (exact) mass is 239 g/mol. The van der Waals surface area contributed by atoms with Crippen molar-refractivity contribution in [2.75, 3.05) is 26.2 Å². The lowest BCUT2D eigenvalue weighted by Crippen LogP contribution is -2.48. The highest BCUT2D eigenvalue weighted by molar-refractivity contribution is 5.04. The largest absolute Gasteiger partial charge is 0.394 e. The average molecular weight is 239 g/mol. The van der Waals surface area contributed by atoms with Crippen LogP contribution in [0.15, 0.2) is 12.4 Å². The molecule has 0 saturated carbocycles. The van der Waals surface area contributed by atoms with Gasteiger partial charge in [-0.2, -0.15) is 5.10 Å². The summed E-state index contributed by atoms with van der Waals surface area (Å²) in [7, 11) is 1.93. The van der Waals surface area contributed by atoms with Gasteiger partial charge in [-0.3, -0.25) is 9.58 Å². The van der Waals surface area contributed by atoms with Crippen molar-refractivity contribution in [2.45, 2.75) is 25.6 Å². The number of hydrogen-bond acceptors (Lipinski definition) is 4. The van der Waals surface area contributed by atoms with E-state index in [-0.39, 0.29) is 18.8 Å². The number of morpholine rings is 1. The van der Waals surface area contributed by atoms with Crippen molar-refractivity contribution in [2.24, 2.45) is 7.05 Å². The number of aromatic nitrogens is 2. The molecule has 17 heavy (non-hydrogen) atoms. The van der Waals surface area contributed by atoms with E-state index in [0.29, 0.717) is 0 Å². The van der Waals surface area contributed by atoms with E-state index in [0.717, 1.165) is 26.1 Å². The van der Waals surface area contributed by atoms with Crippen LogP contribution < -0.4 is 0 Å². The van der Waals surface area contributed by atoms with Gasteiger partial charge in [0.2, 0.25) is 0 Å². The number of nitrogens with zero attached hydrogens (tertiary/aromatic N) is 3. The Labute approximate surface area is 102 Å². The standard InChI is InChI=1S/C12H21N3O2/c1-10-6-15(8-12(9-16)17-10)4-3-11-5-13-14(2)7-11/h5,7,10,12,16H,3-4,6,8-9H2,1-2H3. The summed E-state index contributed by atoms with van der Waals surface area (Å²) >= 11 is 0. The Balaban J connectivity index is 1.82. The fraction of sp³-hybridized carbons (Fsp3) is 0.750. The molecule has 1 aromatic heterocycles. The van der Waals surface area contributed by atoms with E-state index < -0.39 is 0 Å².